The van der Waals surface area contributed by atoms with Crippen LogP contribution in [-0.4, -0.2) is 44.7 Å². The van der Waals surface area contributed by atoms with Gasteiger partial charge in [-0.3, -0.25) is 14.6 Å². The first kappa shape index (κ1) is 23.0. The molecule has 3 heterocycles. The SMILES string of the molecule is COc1ccc2nccc(-n3cc4c(n3)CCC(NC(=O)c3cc(NC(C)=O)ccc3Br)C4)c2n1. The summed E-state index contributed by atoms with van der Waals surface area (Å²) >= 11 is 3.44. The average molecular weight is 535 g/mol. The molecule has 1 aliphatic rings. The topological polar surface area (TPSA) is 111 Å². The highest BCUT2D eigenvalue weighted by molar-refractivity contribution is 9.10. The van der Waals surface area contributed by atoms with Gasteiger partial charge in [0.1, 0.15) is 5.52 Å². The summed E-state index contributed by atoms with van der Waals surface area (Å²) in [5.74, 6) is 0.132. The average Bonchev–Trinajstić information content (AvgIpc) is 3.27. The molecule has 0 bridgehead atoms. The number of carbonyl (C=O) groups excluding carboxylic acids is 2. The number of fused-ring (bicyclic) bond motifs is 2. The molecule has 1 aromatic carbocycles. The number of aromatic nitrogens is 4. The van der Waals surface area contributed by atoms with Gasteiger partial charge in [-0.15, -0.1) is 0 Å². The summed E-state index contributed by atoms with van der Waals surface area (Å²) in [6.07, 6.45) is 5.94. The van der Waals surface area contributed by atoms with Crippen molar-refractivity contribution in [1.29, 1.82) is 0 Å². The number of nitrogens with one attached hydrogen (secondary N) is 2. The van der Waals surface area contributed by atoms with E-state index in [1.54, 1.807) is 37.6 Å². The van der Waals surface area contributed by atoms with E-state index in [-0.39, 0.29) is 17.9 Å². The van der Waals surface area contributed by atoms with Gasteiger partial charge in [-0.1, -0.05) is 0 Å². The highest BCUT2D eigenvalue weighted by Gasteiger charge is 2.25. The molecule has 9 nitrogen and oxygen atoms in total. The Balaban J connectivity index is 1.36. The maximum Gasteiger partial charge on any atom is 0.252 e. The van der Waals surface area contributed by atoms with Crippen molar-refractivity contribution in [1.82, 2.24) is 25.1 Å². The molecule has 0 radical (unpaired) electrons. The third kappa shape index (κ3) is 4.74. The van der Waals surface area contributed by atoms with Crippen LogP contribution in [0.25, 0.3) is 16.7 Å². The van der Waals surface area contributed by atoms with Crippen LogP contribution in [-0.2, 0) is 17.6 Å². The number of halogens is 1. The Morgan fingerprint density at radius 1 is 1.20 bits per heavy atom. The largest absolute Gasteiger partial charge is 0.481 e. The number of aryl methyl sites for hydroxylation is 1. The fourth-order valence-corrected chi connectivity index (χ4v) is 4.71. The molecule has 3 aromatic heterocycles. The first-order valence-corrected chi connectivity index (χ1v) is 12.0. The molecule has 1 aliphatic carbocycles. The smallest absolute Gasteiger partial charge is 0.252 e. The van der Waals surface area contributed by atoms with Gasteiger partial charge in [0.2, 0.25) is 11.8 Å². The molecule has 0 spiro atoms. The maximum atomic E-state index is 13.0. The molecule has 0 saturated carbocycles. The standard InChI is InChI=1S/C25H23BrN6O3/c1-14(33)28-17-3-5-19(26)18(12-17)25(34)29-16-4-6-20-15(11-16)13-32(31-20)22-9-10-27-21-7-8-23(35-2)30-24(21)22/h3,5,7-10,12-13,16H,4,6,11H2,1-2H3,(H,28,33)(H,29,34). The van der Waals surface area contributed by atoms with Crippen LogP contribution >= 0.6 is 15.9 Å². The van der Waals surface area contributed by atoms with Crippen LogP contribution in [0.15, 0.2) is 53.3 Å². The van der Waals surface area contributed by atoms with Crippen molar-refractivity contribution in [2.75, 3.05) is 12.4 Å². The summed E-state index contributed by atoms with van der Waals surface area (Å²) in [5.41, 5.74) is 5.43. The van der Waals surface area contributed by atoms with Crippen LogP contribution in [0.4, 0.5) is 5.69 Å². The molecule has 2 amide bonds. The van der Waals surface area contributed by atoms with E-state index in [9.17, 15) is 9.59 Å². The third-order valence-corrected chi connectivity index (χ3v) is 6.62. The van der Waals surface area contributed by atoms with Crippen molar-refractivity contribution in [3.8, 4) is 11.6 Å². The molecule has 5 rings (SSSR count). The number of pyridine rings is 2. The number of ether oxygens (including phenoxy) is 1. The van der Waals surface area contributed by atoms with Crippen molar-refractivity contribution in [2.45, 2.75) is 32.2 Å². The first-order chi connectivity index (χ1) is 16.9. The molecule has 4 aromatic rings. The van der Waals surface area contributed by atoms with Gasteiger partial charge in [-0.25, -0.2) is 9.67 Å². The molecule has 35 heavy (non-hydrogen) atoms. The highest BCUT2D eigenvalue weighted by Crippen LogP contribution is 2.27. The number of hydrogen-bond donors (Lipinski definition) is 2. The lowest BCUT2D eigenvalue weighted by molar-refractivity contribution is -0.114. The van der Waals surface area contributed by atoms with E-state index < -0.39 is 0 Å². The fraction of sp³-hybridized carbons (Fsp3) is 0.240. The molecule has 0 aliphatic heterocycles. The van der Waals surface area contributed by atoms with E-state index in [2.05, 4.69) is 36.5 Å². The Hall–Kier alpha value is -3.79. The van der Waals surface area contributed by atoms with Crippen molar-refractivity contribution in [3.05, 3.63) is 70.1 Å². The van der Waals surface area contributed by atoms with Gasteiger partial charge >= 0.3 is 0 Å². The van der Waals surface area contributed by atoms with Crippen molar-refractivity contribution < 1.29 is 14.3 Å². The second-order valence-corrected chi connectivity index (χ2v) is 9.24. The number of methoxy groups -OCH3 is 1. The summed E-state index contributed by atoms with van der Waals surface area (Å²) in [4.78, 5) is 33.4. The van der Waals surface area contributed by atoms with Crippen molar-refractivity contribution in [3.63, 3.8) is 0 Å². The Labute approximate surface area is 210 Å². The van der Waals surface area contributed by atoms with Crippen LogP contribution in [0, 0.1) is 0 Å². The minimum absolute atomic E-state index is 0.0311. The van der Waals surface area contributed by atoms with Crippen LogP contribution in [0.2, 0.25) is 0 Å². The number of amides is 2. The Kier molecular flexibility index (Phi) is 6.21. The van der Waals surface area contributed by atoms with Gasteiger partial charge in [0, 0.05) is 41.6 Å². The van der Waals surface area contributed by atoms with Gasteiger partial charge in [0.15, 0.2) is 0 Å². The van der Waals surface area contributed by atoms with Gasteiger partial charge in [-0.2, -0.15) is 5.10 Å². The minimum Gasteiger partial charge on any atom is -0.481 e. The van der Waals surface area contributed by atoms with Crippen LogP contribution < -0.4 is 15.4 Å². The van der Waals surface area contributed by atoms with E-state index in [0.717, 1.165) is 35.3 Å². The summed E-state index contributed by atoms with van der Waals surface area (Å²) in [7, 11) is 1.58. The predicted molar refractivity (Wildman–Crippen MR) is 135 cm³/mol. The maximum absolute atomic E-state index is 13.0. The predicted octanol–water partition coefficient (Wildman–Crippen LogP) is 3.83. The number of anilines is 1. The molecule has 178 valence electrons. The molecule has 1 atom stereocenters. The van der Waals surface area contributed by atoms with Gasteiger partial charge in [0.05, 0.1) is 29.6 Å². The number of benzene rings is 1. The van der Waals surface area contributed by atoms with E-state index in [0.29, 0.717) is 33.5 Å². The molecule has 1 unspecified atom stereocenters. The number of nitrogens with zero attached hydrogens (tertiary/aromatic N) is 4. The third-order valence-electron chi connectivity index (χ3n) is 5.93. The summed E-state index contributed by atoms with van der Waals surface area (Å²) in [6, 6.07) is 10.7. The first-order valence-electron chi connectivity index (χ1n) is 11.2. The summed E-state index contributed by atoms with van der Waals surface area (Å²) in [6.45, 7) is 1.43. The lowest BCUT2D eigenvalue weighted by Crippen LogP contribution is -2.38. The monoisotopic (exact) mass is 534 g/mol. The minimum atomic E-state index is -0.193. The number of rotatable bonds is 5. The molecular weight excluding hydrogens is 512 g/mol. The van der Waals surface area contributed by atoms with E-state index in [1.165, 1.54) is 6.92 Å². The van der Waals surface area contributed by atoms with E-state index >= 15 is 0 Å². The van der Waals surface area contributed by atoms with Crippen LogP contribution in [0.1, 0.15) is 35.0 Å². The summed E-state index contributed by atoms with van der Waals surface area (Å²) in [5, 5.41) is 10.6. The Morgan fingerprint density at radius 3 is 2.86 bits per heavy atom. The van der Waals surface area contributed by atoms with E-state index in [4.69, 9.17) is 9.84 Å². The fourth-order valence-electron chi connectivity index (χ4n) is 4.29. The zero-order valence-electron chi connectivity index (χ0n) is 19.2. The van der Waals surface area contributed by atoms with Gasteiger partial charge in [-0.05, 0) is 71.1 Å². The lowest BCUT2D eigenvalue weighted by atomic mass is 9.93. The molecule has 10 heteroatoms. The number of hydrogen-bond acceptors (Lipinski definition) is 6. The second-order valence-electron chi connectivity index (χ2n) is 8.39. The molecule has 2 N–H and O–H groups in total. The van der Waals surface area contributed by atoms with Crippen LogP contribution in [0.5, 0.6) is 5.88 Å². The van der Waals surface area contributed by atoms with Crippen molar-refractivity contribution >= 4 is 44.5 Å². The Bertz CT molecular complexity index is 1450. The summed E-state index contributed by atoms with van der Waals surface area (Å²) < 4.78 is 7.78. The Morgan fingerprint density at radius 2 is 2.06 bits per heavy atom. The zero-order chi connectivity index (χ0) is 24.5. The zero-order valence-corrected chi connectivity index (χ0v) is 20.8. The molecule has 0 fully saturated rings. The quantitative estimate of drug-likeness (QED) is 0.402. The lowest BCUT2D eigenvalue weighted by Gasteiger charge is -2.23. The van der Waals surface area contributed by atoms with Gasteiger partial charge in [0.25, 0.3) is 5.91 Å². The molecule has 0 saturated heterocycles. The number of carbonyl (C=O) groups is 2. The second kappa shape index (κ2) is 9.46. The van der Waals surface area contributed by atoms with Gasteiger partial charge < -0.3 is 15.4 Å². The highest BCUT2D eigenvalue weighted by atomic mass is 79.9. The van der Waals surface area contributed by atoms with E-state index in [1.807, 2.05) is 23.0 Å². The molecular formula is C25H23BrN6O3. The normalized spacial score (nSPS) is 14.9. The van der Waals surface area contributed by atoms with Crippen LogP contribution in [0.3, 0.4) is 0 Å². The van der Waals surface area contributed by atoms with Crippen molar-refractivity contribution in [2.24, 2.45) is 0 Å².